The van der Waals surface area contributed by atoms with E-state index in [0.717, 1.165) is 0 Å². The van der Waals surface area contributed by atoms with E-state index in [0.29, 0.717) is 17.2 Å². The topological polar surface area (TPSA) is 60.4 Å². The van der Waals surface area contributed by atoms with Crippen molar-refractivity contribution in [2.45, 2.75) is 6.92 Å². The first-order chi connectivity index (χ1) is 6.18. The van der Waals surface area contributed by atoms with Crippen molar-refractivity contribution < 1.29 is 0 Å². The highest BCUT2D eigenvalue weighted by Crippen LogP contribution is 2.03. The minimum Gasteiger partial charge on any atom is -0.385 e. The maximum Gasteiger partial charge on any atom is 0.259 e. The summed E-state index contributed by atoms with van der Waals surface area (Å²) < 4.78 is 1.38. The average Bonchev–Trinajstić information content (AvgIpc) is 2.02. The summed E-state index contributed by atoms with van der Waals surface area (Å²) in [5, 5.41) is 0. The van der Waals surface area contributed by atoms with Gasteiger partial charge in [-0.25, -0.2) is 9.38 Å². The largest absolute Gasteiger partial charge is 0.385 e. The molecule has 0 saturated heterocycles. The van der Waals surface area contributed by atoms with Crippen molar-refractivity contribution in [2.24, 2.45) is 0 Å². The molecule has 0 fully saturated rings. The first-order valence-corrected chi connectivity index (χ1v) is 3.93. The maximum absolute atomic E-state index is 11.5. The average molecular weight is 175 g/mol. The van der Waals surface area contributed by atoms with Gasteiger partial charge in [-0.15, -0.1) is 0 Å². The number of fused-ring (bicyclic) bond motifs is 1. The lowest BCUT2D eigenvalue weighted by molar-refractivity contribution is 1.03. The van der Waals surface area contributed by atoms with Crippen molar-refractivity contribution in [3.8, 4) is 0 Å². The fourth-order valence-corrected chi connectivity index (χ4v) is 1.30. The molecule has 2 heterocycles. The van der Waals surface area contributed by atoms with E-state index in [-0.39, 0.29) is 5.56 Å². The van der Waals surface area contributed by atoms with Crippen LogP contribution in [-0.2, 0) is 0 Å². The van der Waals surface area contributed by atoms with E-state index in [1.807, 2.05) is 0 Å². The number of rotatable bonds is 0. The molecule has 13 heavy (non-hydrogen) atoms. The number of hydrogen-bond donors (Lipinski definition) is 1. The van der Waals surface area contributed by atoms with E-state index in [9.17, 15) is 4.79 Å². The first-order valence-electron chi connectivity index (χ1n) is 3.93. The van der Waals surface area contributed by atoms with Crippen molar-refractivity contribution in [2.75, 3.05) is 5.73 Å². The van der Waals surface area contributed by atoms with Crippen LogP contribution >= 0.6 is 0 Å². The van der Waals surface area contributed by atoms with Crippen LogP contribution in [0.25, 0.3) is 5.65 Å². The van der Waals surface area contributed by atoms with E-state index >= 15 is 0 Å². The van der Waals surface area contributed by atoms with Gasteiger partial charge in [-0.1, -0.05) is 6.07 Å². The fraction of sp³-hybridized carbons (Fsp3) is 0.111. The Morgan fingerprint density at radius 1 is 1.46 bits per heavy atom. The second-order valence-electron chi connectivity index (χ2n) is 2.88. The molecule has 4 nitrogen and oxygen atoms in total. The molecule has 0 spiro atoms. The Hall–Kier alpha value is -1.84. The van der Waals surface area contributed by atoms with E-state index < -0.39 is 0 Å². The Bertz CT molecular complexity index is 516. The number of aryl methyl sites for hydroxylation is 1. The summed E-state index contributed by atoms with van der Waals surface area (Å²) in [4.78, 5) is 15.6. The predicted molar refractivity (Wildman–Crippen MR) is 50.6 cm³/mol. The van der Waals surface area contributed by atoms with Crippen LogP contribution in [0.2, 0.25) is 0 Å². The normalized spacial score (nSPS) is 10.5. The van der Waals surface area contributed by atoms with Crippen LogP contribution in [0.5, 0.6) is 0 Å². The van der Waals surface area contributed by atoms with Crippen molar-refractivity contribution in [1.29, 1.82) is 0 Å². The Morgan fingerprint density at radius 2 is 2.23 bits per heavy atom. The summed E-state index contributed by atoms with van der Waals surface area (Å²) in [6.45, 7) is 1.78. The van der Waals surface area contributed by atoms with Gasteiger partial charge < -0.3 is 5.73 Å². The number of aromatic nitrogens is 2. The van der Waals surface area contributed by atoms with E-state index in [2.05, 4.69) is 4.98 Å². The van der Waals surface area contributed by atoms with Crippen LogP contribution < -0.4 is 11.3 Å². The molecule has 0 unspecified atom stereocenters. The number of nitrogens with two attached hydrogens (primary N) is 1. The fourth-order valence-electron chi connectivity index (χ4n) is 1.30. The third kappa shape index (κ3) is 1.16. The Labute approximate surface area is 74.6 Å². The third-order valence-electron chi connectivity index (χ3n) is 1.84. The molecule has 4 heteroatoms. The molecule has 0 aliphatic carbocycles. The molecule has 66 valence electrons. The summed E-state index contributed by atoms with van der Waals surface area (Å²) >= 11 is 0. The van der Waals surface area contributed by atoms with Gasteiger partial charge in [0.05, 0.1) is 0 Å². The second kappa shape index (κ2) is 2.58. The smallest absolute Gasteiger partial charge is 0.259 e. The van der Waals surface area contributed by atoms with E-state index in [1.165, 1.54) is 10.5 Å². The lowest BCUT2D eigenvalue weighted by atomic mass is 10.4. The first kappa shape index (κ1) is 7.79. The van der Waals surface area contributed by atoms with Crippen molar-refractivity contribution in [3.05, 3.63) is 40.3 Å². The Morgan fingerprint density at radius 3 is 3.00 bits per heavy atom. The standard InChI is InChI=1S/C9H9N3O/c1-6-5-9(13)12-7(10)3-2-4-8(12)11-6/h2-5H,10H2,1H3. The number of anilines is 1. The van der Waals surface area contributed by atoms with Crippen LogP contribution in [0.3, 0.4) is 0 Å². The molecule has 0 aliphatic heterocycles. The van der Waals surface area contributed by atoms with E-state index in [4.69, 9.17) is 5.73 Å². The molecule has 0 aliphatic rings. The predicted octanol–water partition coefficient (Wildman–Crippen LogP) is 0.585. The highest BCUT2D eigenvalue weighted by molar-refractivity contribution is 5.47. The highest BCUT2D eigenvalue weighted by Gasteiger charge is 2.00. The monoisotopic (exact) mass is 175 g/mol. The lowest BCUT2D eigenvalue weighted by Crippen LogP contribution is -2.17. The molecular formula is C9H9N3O. The summed E-state index contributed by atoms with van der Waals surface area (Å²) in [5.74, 6) is 0.412. The van der Waals surface area contributed by atoms with Crippen LogP contribution in [0, 0.1) is 6.92 Å². The Balaban J connectivity index is 3.03. The van der Waals surface area contributed by atoms with Crippen LogP contribution in [0.15, 0.2) is 29.1 Å². The van der Waals surface area contributed by atoms with Gasteiger partial charge in [0, 0.05) is 11.8 Å². The number of pyridine rings is 1. The molecule has 0 amide bonds. The van der Waals surface area contributed by atoms with E-state index in [1.54, 1.807) is 25.1 Å². The van der Waals surface area contributed by atoms with Crippen LogP contribution in [0.1, 0.15) is 5.69 Å². The molecule has 0 atom stereocenters. The molecule has 0 saturated carbocycles. The zero-order valence-electron chi connectivity index (χ0n) is 7.19. The van der Waals surface area contributed by atoms with Gasteiger partial charge in [-0.3, -0.25) is 4.79 Å². The van der Waals surface area contributed by atoms with Crippen molar-refractivity contribution in [3.63, 3.8) is 0 Å². The van der Waals surface area contributed by atoms with Crippen LogP contribution in [0.4, 0.5) is 5.82 Å². The van der Waals surface area contributed by atoms with Gasteiger partial charge >= 0.3 is 0 Å². The molecular weight excluding hydrogens is 166 g/mol. The van der Waals surface area contributed by atoms with Gasteiger partial charge in [0.1, 0.15) is 11.5 Å². The summed E-state index contributed by atoms with van der Waals surface area (Å²) in [6, 6.07) is 6.66. The van der Waals surface area contributed by atoms with Crippen molar-refractivity contribution >= 4 is 11.5 Å². The molecule has 2 N–H and O–H groups in total. The molecule has 2 aromatic heterocycles. The number of nitrogen functional groups attached to an aromatic ring is 1. The second-order valence-corrected chi connectivity index (χ2v) is 2.88. The minimum absolute atomic E-state index is 0.138. The third-order valence-corrected chi connectivity index (χ3v) is 1.84. The molecule has 2 aromatic rings. The number of hydrogen-bond acceptors (Lipinski definition) is 3. The van der Waals surface area contributed by atoms with Gasteiger partial charge in [0.15, 0.2) is 0 Å². The maximum atomic E-state index is 11.5. The SMILES string of the molecule is Cc1cc(=O)n2c(N)cccc2n1. The van der Waals surface area contributed by atoms with Gasteiger partial charge in [-0.2, -0.15) is 0 Å². The summed E-state index contributed by atoms with van der Waals surface area (Å²) in [7, 11) is 0. The number of nitrogens with zero attached hydrogens (tertiary/aromatic N) is 2. The Kier molecular flexibility index (Phi) is 1.55. The minimum atomic E-state index is -0.138. The van der Waals surface area contributed by atoms with Crippen LogP contribution in [-0.4, -0.2) is 9.38 Å². The molecule has 0 aromatic carbocycles. The highest BCUT2D eigenvalue weighted by atomic mass is 16.1. The molecule has 2 rings (SSSR count). The molecule has 0 bridgehead atoms. The lowest BCUT2D eigenvalue weighted by Gasteiger charge is -2.02. The summed E-state index contributed by atoms with van der Waals surface area (Å²) in [5.41, 5.74) is 6.78. The van der Waals surface area contributed by atoms with Gasteiger partial charge in [0.2, 0.25) is 0 Å². The summed E-state index contributed by atoms with van der Waals surface area (Å²) in [6.07, 6.45) is 0. The van der Waals surface area contributed by atoms with Gasteiger partial charge in [-0.05, 0) is 19.1 Å². The van der Waals surface area contributed by atoms with Crippen molar-refractivity contribution in [1.82, 2.24) is 9.38 Å². The van der Waals surface area contributed by atoms with Gasteiger partial charge in [0.25, 0.3) is 5.56 Å². The molecule has 0 radical (unpaired) electrons. The quantitative estimate of drug-likeness (QED) is 0.637. The zero-order valence-corrected chi connectivity index (χ0v) is 7.19. The zero-order chi connectivity index (χ0) is 9.42.